The molecule has 1 N–H and O–H groups in total. The molecule has 1 aliphatic rings. The molecule has 2 aromatic carbocycles. The van der Waals surface area contributed by atoms with E-state index in [1.54, 1.807) is 12.1 Å². The van der Waals surface area contributed by atoms with Crippen LogP contribution in [0.4, 0.5) is 4.39 Å². The molecule has 1 atom stereocenters. The Labute approximate surface area is 148 Å². The lowest BCUT2D eigenvalue weighted by Crippen LogP contribution is -2.25. The average molecular weight is 339 g/mol. The molecule has 1 aliphatic carbocycles. The van der Waals surface area contributed by atoms with Crippen LogP contribution in [-0.4, -0.2) is 12.3 Å². The number of fused-ring (bicyclic) bond motifs is 1. The standard InChI is InChI=1S/C21H22FNS/c1-2-13-23-20-10-4-9-19-18(20)8-5-11-21(19)24-14-12-16-6-3-7-17(22)15-16/h1,3,5-8,11,15,20,23H,4,9-10,12-14H2. The molecule has 0 amide bonds. The minimum Gasteiger partial charge on any atom is -0.299 e. The molecule has 1 unspecified atom stereocenters. The van der Waals surface area contributed by atoms with Gasteiger partial charge in [0.15, 0.2) is 0 Å². The summed E-state index contributed by atoms with van der Waals surface area (Å²) in [4.78, 5) is 1.36. The van der Waals surface area contributed by atoms with E-state index in [4.69, 9.17) is 6.42 Å². The van der Waals surface area contributed by atoms with Gasteiger partial charge < -0.3 is 0 Å². The molecular weight excluding hydrogens is 317 g/mol. The maximum Gasteiger partial charge on any atom is 0.123 e. The molecule has 3 rings (SSSR count). The molecule has 0 saturated carbocycles. The predicted octanol–water partition coefficient (Wildman–Crippen LogP) is 4.76. The van der Waals surface area contributed by atoms with Gasteiger partial charge in [0.25, 0.3) is 0 Å². The van der Waals surface area contributed by atoms with Crippen molar-refractivity contribution in [3.8, 4) is 12.3 Å². The summed E-state index contributed by atoms with van der Waals surface area (Å²) in [5.41, 5.74) is 3.91. The Morgan fingerprint density at radius 3 is 2.96 bits per heavy atom. The topological polar surface area (TPSA) is 12.0 Å². The number of benzene rings is 2. The molecule has 24 heavy (non-hydrogen) atoms. The Morgan fingerprint density at radius 1 is 1.25 bits per heavy atom. The van der Waals surface area contributed by atoms with Gasteiger partial charge in [-0.1, -0.05) is 30.2 Å². The first-order valence-corrected chi connectivity index (χ1v) is 9.42. The number of hydrogen-bond acceptors (Lipinski definition) is 2. The van der Waals surface area contributed by atoms with Crippen molar-refractivity contribution in [1.82, 2.24) is 5.32 Å². The maximum absolute atomic E-state index is 13.3. The third-order valence-electron chi connectivity index (χ3n) is 4.45. The van der Waals surface area contributed by atoms with Gasteiger partial charge in [0, 0.05) is 16.7 Å². The molecular formula is C21H22FNS. The summed E-state index contributed by atoms with van der Waals surface area (Å²) in [5, 5.41) is 3.46. The van der Waals surface area contributed by atoms with Crippen molar-refractivity contribution < 1.29 is 4.39 Å². The molecule has 0 aliphatic heterocycles. The van der Waals surface area contributed by atoms with Gasteiger partial charge in [-0.05, 0) is 60.6 Å². The zero-order chi connectivity index (χ0) is 16.8. The number of halogens is 1. The molecule has 0 bridgehead atoms. The quantitative estimate of drug-likeness (QED) is 0.601. The normalized spacial score (nSPS) is 16.4. The summed E-state index contributed by atoms with van der Waals surface area (Å²) in [6.45, 7) is 0.612. The van der Waals surface area contributed by atoms with E-state index in [9.17, 15) is 4.39 Å². The first kappa shape index (κ1) is 17.1. The fourth-order valence-electron chi connectivity index (χ4n) is 3.32. The second kappa shape index (κ2) is 8.37. The summed E-state index contributed by atoms with van der Waals surface area (Å²) in [5.74, 6) is 3.48. The molecule has 0 heterocycles. The third kappa shape index (κ3) is 4.20. The summed E-state index contributed by atoms with van der Waals surface area (Å²) in [6, 6.07) is 13.8. The minimum atomic E-state index is -0.156. The van der Waals surface area contributed by atoms with Gasteiger partial charge in [-0.25, -0.2) is 4.39 Å². The minimum absolute atomic E-state index is 0.156. The van der Waals surface area contributed by atoms with Gasteiger partial charge in [-0.15, -0.1) is 18.2 Å². The highest BCUT2D eigenvalue weighted by atomic mass is 32.2. The van der Waals surface area contributed by atoms with E-state index in [-0.39, 0.29) is 5.82 Å². The molecule has 0 radical (unpaired) electrons. The fourth-order valence-corrected chi connectivity index (χ4v) is 4.44. The number of nitrogens with one attached hydrogen (secondary N) is 1. The SMILES string of the molecule is C#CCNC1CCCc2c(SCCc3cccc(F)c3)cccc21. The Balaban J connectivity index is 1.67. The third-order valence-corrected chi connectivity index (χ3v) is 5.55. The van der Waals surface area contributed by atoms with Gasteiger partial charge in [0.2, 0.25) is 0 Å². The van der Waals surface area contributed by atoms with Crippen LogP contribution in [0.25, 0.3) is 0 Å². The van der Waals surface area contributed by atoms with Gasteiger partial charge in [0.1, 0.15) is 5.82 Å². The molecule has 2 aromatic rings. The van der Waals surface area contributed by atoms with Crippen LogP contribution < -0.4 is 5.32 Å². The average Bonchev–Trinajstić information content (AvgIpc) is 2.60. The van der Waals surface area contributed by atoms with Crippen LogP contribution in [0.3, 0.4) is 0 Å². The zero-order valence-electron chi connectivity index (χ0n) is 13.7. The highest BCUT2D eigenvalue weighted by Gasteiger charge is 2.21. The van der Waals surface area contributed by atoms with E-state index in [0.29, 0.717) is 12.6 Å². The number of aryl methyl sites for hydroxylation is 1. The molecule has 3 heteroatoms. The number of hydrogen-bond donors (Lipinski definition) is 1. The van der Waals surface area contributed by atoms with Crippen LogP contribution in [-0.2, 0) is 12.8 Å². The largest absolute Gasteiger partial charge is 0.299 e. The van der Waals surface area contributed by atoms with Crippen LogP contribution in [0.15, 0.2) is 47.4 Å². The lowest BCUT2D eigenvalue weighted by molar-refractivity contribution is 0.479. The van der Waals surface area contributed by atoms with Crippen molar-refractivity contribution in [3.63, 3.8) is 0 Å². The van der Waals surface area contributed by atoms with Crippen LogP contribution in [0.5, 0.6) is 0 Å². The molecule has 0 saturated heterocycles. The van der Waals surface area contributed by atoms with Gasteiger partial charge in [-0.3, -0.25) is 5.32 Å². The van der Waals surface area contributed by atoms with Crippen LogP contribution >= 0.6 is 11.8 Å². The van der Waals surface area contributed by atoms with E-state index >= 15 is 0 Å². The lowest BCUT2D eigenvalue weighted by atomic mass is 9.87. The molecule has 0 fully saturated rings. The first-order chi connectivity index (χ1) is 11.8. The van der Waals surface area contributed by atoms with E-state index < -0.39 is 0 Å². The van der Waals surface area contributed by atoms with E-state index in [1.165, 1.54) is 28.5 Å². The Hall–Kier alpha value is -1.76. The van der Waals surface area contributed by atoms with Crippen LogP contribution in [0.1, 0.15) is 35.6 Å². The summed E-state index contributed by atoms with van der Waals surface area (Å²) in [7, 11) is 0. The van der Waals surface area contributed by atoms with Crippen molar-refractivity contribution in [3.05, 3.63) is 65.0 Å². The van der Waals surface area contributed by atoms with Gasteiger partial charge in [-0.2, -0.15) is 0 Å². The second-order valence-corrected chi connectivity index (χ2v) is 7.22. The van der Waals surface area contributed by atoms with Crippen molar-refractivity contribution in [2.45, 2.75) is 36.6 Å². The van der Waals surface area contributed by atoms with E-state index in [2.05, 4.69) is 29.4 Å². The lowest BCUT2D eigenvalue weighted by Gasteiger charge is -2.27. The smallest absolute Gasteiger partial charge is 0.123 e. The van der Waals surface area contributed by atoms with Gasteiger partial charge in [0.05, 0.1) is 6.54 Å². The number of thioether (sulfide) groups is 1. The summed E-state index contributed by atoms with van der Waals surface area (Å²) >= 11 is 1.87. The number of terminal acetylenes is 1. The summed E-state index contributed by atoms with van der Waals surface area (Å²) < 4.78 is 13.3. The van der Waals surface area contributed by atoms with E-state index in [0.717, 1.165) is 30.6 Å². The zero-order valence-corrected chi connectivity index (χ0v) is 14.5. The first-order valence-electron chi connectivity index (χ1n) is 8.44. The van der Waals surface area contributed by atoms with Crippen LogP contribution in [0.2, 0.25) is 0 Å². The Bertz CT molecular complexity index is 735. The van der Waals surface area contributed by atoms with Crippen molar-refractivity contribution >= 4 is 11.8 Å². The fraction of sp³-hybridized carbons (Fsp3) is 0.333. The molecule has 0 spiro atoms. The van der Waals surface area contributed by atoms with Crippen molar-refractivity contribution in [2.24, 2.45) is 0 Å². The Morgan fingerprint density at radius 2 is 2.12 bits per heavy atom. The predicted molar refractivity (Wildman–Crippen MR) is 99.8 cm³/mol. The van der Waals surface area contributed by atoms with Crippen LogP contribution in [0, 0.1) is 18.2 Å². The number of rotatable bonds is 6. The van der Waals surface area contributed by atoms with Gasteiger partial charge >= 0.3 is 0 Å². The second-order valence-electron chi connectivity index (χ2n) is 6.08. The monoisotopic (exact) mass is 339 g/mol. The van der Waals surface area contributed by atoms with Crippen molar-refractivity contribution in [1.29, 1.82) is 0 Å². The highest BCUT2D eigenvalue weighted by molar-refractivity contribution is 7.99. The highest BCUT2D eigenvalue weighted by Crippen LogP contribution is 2.36. The molecule has 0 aromatic heterocycles. The van der Waals surface area contributed by atoms with Crippen molar-refractivity contribution in [2.75, 3.05) is 12.3 Å². The maximum atomic E-state index is 13.3. The summed E-state index contributed by atoms with van der Waals surface area (Å²) in [6.07, 6.45) is 9.73. The Kier molecular flexibility index (Phi) is 5.96. The van der Waals surface area contributed by atoms with E-state index in [1.807, 2.05) is 17.8 Å². The molecule has 1 nitrogen and oxygen atoms in total. The molecule has 124 valence electrons.